The predicted molar refractivity (Wildman–Crippen MR) is 284 cm³/mol. The van der Waals surface area contributed by atoms with Gasteiger partial charge in [-0.1, -0.05) is 133 Å². The van der Waals surface area contributed by atoms with Crippen molar-refractivity contribution >= 4 is 5.57 Å². The Morgan fingerprint density at radius 1 is 0.431 bits per heavy atom. The lowest BCUT2D eigenvalue weighted by Gasteiger charge is -2.49. The molecule has 352 valence electrons. The zero-order valence-corrected chi connectivity index (χ0v) is 41.0. The predicted octanol–water partition coefficient (Wildman–Crippen LogP) is 16.1. The Labute approximate surface area is 423 Å². The van der Waals surface area contributed by atoms with Crippen LogP contribution in [0.15, 0.2) is 157 Å². The van der Waals surface area contributed by atoms with Gasteiger partial charge in [0, 0.05) is 22.1 Å². The van der Waals surface area contributed by atoms with Crippen LogP contribution in [0.25, 0.3) is 50.3 Å². The summed E-state index contributed by atoms with van der Waals surface area (Å²) in [6.07, 6.45) is 24.4. The summed E-state index contributed by atoms with van der Waals surface area (Å²) in [5.74, 6) is 10.4. The average Bonchev–Trinajstić information content (AvgIpc) is 4.05. The molecule has 72 heavy (non-hydrogen) atoms. The third-order valence-electron chi connectivity index (χ3n) is 22.7. The van der Waals surface area contributed by atoms with Gasteiger partial charge in [0.2, 0.25) is 0 Å². The Hall–Kier alpha value is -6.39. The Bertz CT molecular complexity index is 3590. The molecular formula is C68H59N3O. The van der Waals surface area contributed by atoms with Gasteiger partial charge in [0.1, 0.15) is 17.3 Å². The molecule has 0 saturated heterocycles. The van der Waals surface area contributed by atoms with Gasteiger partial charge in [0.15, 0.2) is 11.6 Å². The average molecular weight is 934 g/mol. The molecule has 3 spiro atoms. The third kappa shape index (κ3) is 4.94. The number of hydrogen-bond donors (Lipinski definition) is 0. The van der Waals surface area contributed by atoms with Gasteiger partial charge in [0.05, 0.1) is 5.41 Å². The fourth-order valence-corrected chi connectivity index (χ4v) is 20.4. The van der Waals surface area contributed by atoms with E-state index in [1.807, 2.05) is 0 Å². The van der Waals surface area contributed by atoms with Crippen LogP contribution in [-0.2, 0) is 10.8 Å². The van der Waals surface area contributed by atoms with Gasteiger partial charge in [-0.25, -0.2) is 15.0 Å². The van der Waals surface area contributed by atoms with Crippen molar-refractivity contribution < 1.29 is 4.74 Å². The summed E-state index contributed by atoms with van der Waals surface area (Å²) in [5.41, 5.74) is 17.9. The molecule has 2 heterocycles. The first kappa shape index (κ1) is 40.1. The van der Waals surface area contributed by atoms with E-state index >= 15 is 0 Å². The molecule has 1 aliphatic heterocycles. The summed E-state index contributed by atoms with van der Waals surface area (Å²) in [6.45, 7) is 0. The number of fused-ring (bicyclic) bond motifs is 13. The topological polar surface area (TPSA) is 47.9 Å². The maximum absolute atomic E-state index is 6.65. The molecule has 4 heteroatoms. The second kappa shape index (κ2) is 13.6. The van der Waals surface area contributed by atoms with Crippen molar-refractivity contribution in [3.63, 3.8) is 0 Å². The Balaban J connectivity index is 0.742. The number of rotatable bonds is 6. The van der Waals surface area contributed by atoms with Crippen LogP contribution in [0.2, 0.25) is 0 Å². The zero-order chi connectivity index (χ0) is 46.8. The van der Waals surface area contributed by atoms with E-state index in [1.165, 1.54) is 138 Å². The SMILES string of the molecule is C1=C(c2nc(-c3cccc(-c4cccc(-c5cccc6c5-c5ccccc5C65c6ccccc6Oc6ccccc65)c4)c3)nc(C34CC5C[C@@H]6C[C@H](C3)C[C@]56C4)n2)CCC(C23CC4C[C@@H]5C[C@H](C2)C[C@]45C3)=C1. The molecule has 10 aliphatic carbocycles. The van der Waals surface area contributed by atoms with E-state index in [0.29, 0.717) is 16.2 Å². The van der Waals surface area contributed by atoms with Crippen LogP contribution < -0.4 is 4.74 Å². The molecule has 7 aromatic rings. The van der Waals surface area contributed by atoms with Crippen LogP contribution in [-0.4, -0.2) is 15.0 Å². The number of aromatic nitrogens is 3. The highest BCUT2D eigenvalue weighted by atomic mass is 16.5. The maximum atomic E-state index is 6.65. The molecule has 0 radical (unpaired) electrons. The second-order valence-corrected chi connectivity index (χ2v) is 25.5. The molecule has 4 nitrogen and oxygen atoms in total. The molecule has 6 aromatic carbocycles. The first-order valence-electron chi connectivity index (χ1n) is 27.9. The van der Waals surface area contributed by atoms with Crippen molar-refractivity contribution in [1.82, 2.24) is 15.0 Å². The van der Waals surface area contributed by atoms with Crippen molar-refractivity contribution in [3.8, 4) is 56.3 Å². The number of allylic oxidation sites excluding steroid dienone is 4. The molecule has 0 amide bonds. The standard InChI is InChI=1S/C68H59N3O/c1-2-16-54-53(14-1)60-52(15-9-19-57(60)68(54)55-17-3-5-20-58(55)72-59-21-6-4-18-56(59)68)45-12-7-10-43(28-45)44-11-8-13-46(29-44)62-69-61(70-63(71-62)65-33-41-27-49-31-51(37-65)67(49,35-41)39-65)42-22-24-47(25-23-42)64-32-40-26-48-30-50(36-64)66(48,34-40)38-64/h1-22,24,28-29,40-41,48-51H,23,25-27,30-39H2/t40-,41-,48+,49+,50?,51?,64?,65?,66-,67-/m1/s1. The minimum Gasteiger partial charge on any atom is -0.457 e. The van der Waals surface area contributed by atoms with E-state index in [0.717, 1.165) is 76.5 Å². The molecular weight excluding hydrogens is 875 g/mol. The minimum atomic E-state index is -0.502. The molecule has 6 bridgehead atoms. The molecule has 0 N–H and O–H groups in total. The number of benzene rings is 6. The lowest BCUT2D eigenvalue weighted by molar-refractivity contribution is -0.00135. The van der Waals surface area contributed by atoms with Gasteiger partial charge in [-0.3, -0.25) is 0 Å². The molecule has 8 fully saturated rings. The largest absolute Gasteiger partial charge is 0.457 e. The highest BCUT2D eigenvalue weighted by molar-refractivity contribution is 5.97. The summed E-state index contributed by atoms with van der Waals surface area (Å²) in [5, 5.41) is 0. The highest BCUT2D eigenvalue weighted by Crippen LogP contribution is 2.81. The first-order chi connectivity index (χ1) is 35.4. The monoisotopic (exact) mass is 933 g/mol. The summed E-state index contributed by atoms with van der Waals surface area (Å²) in [6, 6.07) is 51.6. The Morgan fingerprint density at radius 3 is 1.75 bits per heavy atom. The van der Waals surface area contributed by atoms with Gasteiger partial charge < -0.3 is 4.74 Å². The fourth-order valence-electron chi connectivity index (χ4n) is 20.4. The molecule has 18 rings (SSSR count). The molecule has 1 aromatic heterocycles. The smallest absolute Gasteiger partial charge is 0.163 e. The van der Waals surface area contributed by atoms with Gasteiger partial charge in [-0.05, 0) is 216 Å². The number of hydrogen-bond acceptors (Lipinski definition) is 4. The summed E-state index contributed by atoms with van der Waals surface area (Å²) in [7, 11) is 0. The van der Waals surface area contributed by atoms with E-state index in [-0.39, 0.29) is 5.41 Å². The van der Waals surface area contributed by atoms with Gasteiger partial charge >= 0.3 is 0 Å². The maximum Gasteiger partial charge on any atom is 0.163 e. The normalized spacial score (nSPS) is 34.2. The van der Waals surface area contributed by atoms with Gasteiger partial charge in [-0.15, -0.1) is 0 Å². The molecule has 10 atom stereocenters. The van der Waals surface area contributed by atoms with Crippen molar-refractivity contribution in [2.24, 2.45) is 51.8 Å². The van der Waals surface area contributed by atoms with Crippen molar-refractivity contribution in [1.29, 1.82) is 0 Å². The lowest BCUT2D eigenvalue weighted by Crippen LogP contribution is -2.42. The summed E-state index contributed by atoms with van der Waals surface area (Å²) in [4.78, 5) is 16.8. The van der Waals surface area contributed by atoms with Crippen molar-refractivity contribution in [2.75, 3.05) is 0 Å². The minimum absolute atomic E-state index is 0.0781. The number of ether oxygens (including phenoxy) is 1. The fraction of sp³-hybridized carbons (Fsp3) is 0.368. The molecule has 11 aliphatic rings. The first-order valence-corrected chi connectivity index (χ1v) is 27.9. The van der Waals surface area contributed by atoms with Crippen LogP contribution >= 0.6 is 0 Å². The van der Waals surface area contributed by atoms with Crippen LogP contribution in [0, 0.1) is 51.8 Å². The second-order valence-electron chi connectivity index (χ2n) is 25.5. The highest BCUT2D eigenvalue weighted by Gasteiger charge is 2.73. The van der Waals surface area contributed by atoms with E-state index in [1.54, 1.807) is 12.0 Å². The molecule has 8 saturated carbocycles. The van der Waals surface area contributed by atoms with Crippen LogP contribution in [0.5, 0.6) is 11.5 Å². The van der Waals surface area contributed by atoms with E-state index in [4.69, 9.17) is 19.7 Å². The van der Waals surface area contributed by atoms with Crippen LogP contribution in [0.1, 0.15) is 124 Å². The Kier molecular flexibility index (Phi) is 7.58. The van der Waals surface area contributed by atoms with E-state index < -0.39 is 5.41 Å². The van der Waals surface area contributed by atoms with E-state index in [2.05, 4.69) is 152 Å². The van der Waals surface area contributed by atoms with E-state index in [9.17, 15) is 0 Å². The molecule has 4 unspecified atom stereocenters. The van der Waals surface area contributed by atoms with Crippen LogP contribution in [0.4, 0.5) is 0 Å². The lowest BCUT2D eigenvalue weighted by atomic mass is 9.55. The van der Waals surface area contributed by atoms with Crippen molar-refractivity contribution in [3.05, 3.63) is 191 Å². The number of para-hydroxylation sites is 2. The summed E-state index contributed by atoms with van der Waals surface area (Å²) >= 11 is 0. The third-order valence-corrected chi connectivity index (χ3v) is 22.7. The van der Waals surface area contributed by atoms with Crippen molar-refractivity contribution in [2.45, 2.75) is 101 Å². The van der Waals surface area contributed by atoms with Crippen LogP contribution in [0.3, 0.4) is 0 Å². The Morgan fingerprint density at radius 2 is 1.01 bits per heavy atom. The van der Waals surface area contributed by atoms with Gasteiger partial charge in [-0.2, -0.15) is 0 Å². The summed E-state index contributed by atoms with van der Waals surface area (Å²) < 4.78 is 6.65. The van der Waals surface area contributed by atoms with Gasteiger partial charge in [0.25, 0.3) is 0 Å². The zero-order valence-electron chi connectivity index (χ0n) is 41.0. The number of nitrogens with zero attached hydrogens (tertiary/aromatic N) is 3. The quantitative estimate of drug-likeness (QED) is 0.167.